The summed E-state index contributed by atoms with van der Waals surface area (Å²) in [6.07, 6.45) is -0.570. The first kappa shape index (κ1) is 18.6. The summed E-state index contributed by atoms with van der Waals surface area (Å²) in [5.41, 5.74) is 0.558. The zero-order chi connectivity index (χ0) is 16.7. The van der Waals surface area contributed by atoms with E-state index < -0.39 is 18.2 Å². The minimum absolute atomic E-state index is 0.266. The number of aliphatic hydroxyl groups excluding tert-OH is 1. The average Bonchev–Trinajstić information content (AvgIpc) is 2.46. The van der Waals surface area contributed by atoms with E-state index in [2.05, 4.69) is 19.2 Å². The van der Waals surface area contributed by atoms with Crippen molar-refractivity contribution < 1.29 is 19.0 Å². The number of aliphatic hydroxyl groups is 1. The lowest BCUT2D eigenvalue weighted by Gasteiger charge is -2.23. The summed E-state index contributed by atoms with van der Waals surface area (Å²) in [5.74, 6) is -0.105. The maximum Gasteiger partial charge on any atom is 0.249 e. The molecule has 1 rings (SSSR count). The van der Waals surface area contributed by atoms with Gasteiger partial charge in [-0.15, -0.1) is 0 Å². The van der Waals surface area contributed by atoms with Crippen molar-refractivity contribution in [3.8, 4) is 0 Å². The smallest absolute Gasteiger partial charge is 0.249 e. The highest BCUT2D eigenvalue weighted by atomic mass is 19.1. The van der Waals surface area contributed by atoms with E-state index in [9.17, 15) is 14.3 Å². The summed E-state index contributed by atoms with van der Waals surface area (Å²) in [6.45, 7) is 8.10. The van der Waals surface area contributed by atoms with Gasteiger partial charge in [-0.25, -0.2) is 4.39 Å². The summed E-state index contributed by atoms with van der Waals surface area (Å²) < 4.78 is 18.3. The van der Waals surface area contributed by atoms with Crippen molar-refractivity contribution in [3.05, 3.63) is 35.6 Å². The van der Waals surface area contributed by atoms with Crippen LogP contribution in [0.3, 0.4) is 0 Å². The Kier molecular flexibility index (Phi) is 7.48. The van der Waals surface area contributed by atoms with Crippen LogP contribution in [0.2, 0.25) is 0 Å². The molecule has 0 fully saturated rings. The van der Waals surface area contributed by atoms with E-state index in [-0.39, 0.29) is 11.7 Å². The number of carbonyl (C=O) groups excluding carboxylic acids is 1. The molecule has 2 N–H and O–H groups in total. The summed E-state index contributed by atoms with van der Waals surface area (Å²) in [5, 5.41) is 12.9. The van der Waals surface area contributed by atoms with Crippen molar-refractivity contribution in [1.29, 1.82) is 0 Å². The normalized spacial score (nSPS) is 15.4. The molecule has 124 valence electrons. The Morgan fingerprint density at radius 2 is 1.82 bits per heavy atom. The van der Waals surface area contributed by atoms with Gasteiger partial charge in [0.05, 0.1) is 12.1 Å². The number of ether oxygens (including phenoxy) is 1. The highest BCUT2D eigenvalue weighted by Crippen LogP contribution is 2.17. The Balaban J connectivity index is 2.47. The highest BCUT2D eigenvalue weighted by molar-refractivity contribution is 5.80. The van der Waals surface area contributed by atoms with Crippen LogP contribution >= 0.6 is 0 Å². The molecule has 0 radical (unpaired) electrons. The summed E-state index contributed by atoms with van der Waals surface area (Å²) in [4.78, 5) is 12.0. The molecule has 0 aliphatic carbocycles. The van der Waals surface area contributed by atoms with Gasteiger partial charge in [-0.3, -0.25) is 4.79 Å². The second-order valence-corrected chi connectivity index (χ2v) is 5.99. The number of nitrogens with one attached hydrogen (secondary N) is 1. The van der Waals surface area contributed by atoms with E-state index in [1.807, 2.05) is 0 Å². The standard InChI is InChI=1S/C17H26FNO3/c1-11(2)9-10-22-13(4)17(21)19-12(3)16(20)14-5-7-15(18)8-6-14/h5-8,11-13,16,20H,9-10H2,1-4H3,(H,19,21). The van der Waals surface area contributed by atoms with Gasteiger partial charge in [0.1, 0.15) is 11.9 Å². The Bertz CT molecular complexity index is 461. The van der Waals surface area contributed by atoms with E-state index in [0.717, 1.165) is 6.42 Å². The predicted octanol–water partition coefficient (Wildman–Crippen LogP) is 2.82. The minimum atomic E-state index is -0.896. The van der Waals surface area contributed by atoms with Crippen LogP contribution in [0, 0.1) is 11.7 Å². The van der Waals surface area contributed by atoms with Crippen molar-refractivity contribution >= 4 is 5.91 Å². The van der Waals surface area contributed by atoms with Crippen molar-refractivity contribution in [3.63, 3.8) is 0 Å². The maximum atomic E-state index is 12.9. The number of rotatable bonds is 8. The molecule has 1 aromatic rings. The third kappa shape index (κ3) is 6.12. The minimum Gasteiger partial charge on any atom is -0.386 e. The van der Waals surface area contributed by atoms with Gasteiger partial charge in [-0.1, -0.05) is 26.0 Å². The average molecular weight is 311 g/mol. The molecule has 3 atom stereocenters. The molecule has 0 heterocycles. The van der Waals surface area contributed by atoms with E-state index in [4.69, 9.17) is 4.74 Å². The van der Waals surface area contributed by atoms with Crippen molar-refractivity contribution in [1.82, 2.24) is 5.32 Å². The molecule has 0 aromatic heterocycles. The Labute approximate surface area is 131 Å². The predicted molar refractivity (Wildman–Crippen MR) is 83.8 cm³/mol. The van der Waals surface area contributed by atoms with Crippen LogP contribution in [0.4, 0.5) is 4.39 Å². The van der Waals surface area contributed by atoms with Gasteiger partial charge in [0.2, 0.25) is 5.91 Å². The van der Waals surface area contributed by atoms with Gasteiger partial charge in [0, 0.05) is 6.61 Å². The fourth-order valence-electron chi connectivity index (χ4n) is 1.93. The largest absolute Gasteiger partial charge is 0.386 e. The van der Waals surface area contributed by atoms with Gasteiger partial charge in [-0.2, -0.15) is 0 Å². The Hall–Kier alpha value is -1.46. The lowest BCUT2D eigenvalue weighted by molar-refractivity contribution is -0.133. The van der Waals surface area contributed by atoms with Crippen LogP contribution in [0.1, 0.15) is 45.8 Å². The molecule has 0 bridgehead atoms. The van der Waals surface area contributed by atoms with Crippen LogP contribution in [-0.4, -0.2) is 29.8 Å². The summed E-state index contributed by atoms with van der Waals surface area (Å²) in [7, 11) is 0. The Morgan fingerprint density at radius 1 is 1.23 bits per heavy atom. The molecule has 4 nitrogen and oxygen atoms in total. The number of halogens is 1. The van der Waals surface area contributed by atoms with Gasteiger partial charge in [0.15, 0.2) is 0 Å². The number of amides is 1. The molecule has 5 heteroatoms. The molecule has 0 saturated heterocycles. The molecule has 3 unspecified atom stereocenters. The first-order chi connectivity index (χ1) is 10.3. The van der Waals surface area contributed by atoms with Gasteiger partial charge >= 0.3 is 0 Å². The molecule has 0 saturated carbocycles. The molecule has 1 aromatic carbocycles. The van der Waals surface area contributed by atoms with Gasteiger partial charge in [0.25, 0.3) is 0 Å². The van der Waals surface area contributed by atoms with E-state index in [1.165, 1.54) is 24.3 Å². The highest BCUT2D eigenvalue weighted by Gasteiger charge is 2.21. The van der Waals surface area contributed by atoms with Crippen molar-refractivity contribution in [2.45, 2.75) is 52.4 Å². The monoisotopic (exact) mass is 311 g/mol. The zero-order valence-electron chi connectivity index (χ0n) is 13.7. The van der Waals surface area contributed by atoms with Gasteiger partial charge < -0.3 is 15.2 Å². The molecule has 0 spiro atoms. The molecular weight excluding hydrogens is 285 g/mol. The summed E-state index contributed by atoms with van der Waals surface area (Å²) >= 11 is 0. The first-order valence-electron chi connectivity index (χ1n) is 7.66. The second-order valence-electron chi connectivity index (χ2n) is 5.99. The molecule has 0 aliphatic heterocycles. The number of benzene rings is 1. The van der Waals surface area contributed by atoms with E-state index in [0.29, 0.717) is 18.1 Å². The number of hydrogen-bond donors (Lipinski definition) is 2. The second kappa shape index (κ2) is 8.86. The Morgan fingerprint density at radius 3 is 2.36 bits per heavy atom. The number of hydrogen-bond acceptors (Lipinski definition) is 3. The van der Waals surface area contributed by atoms with Crippen LogP contribution in [0.5, 0.6) is 0 Å². The third-order valence-corrected chi connectivity index (χ3v) is 3.49. The fourth-order valence-corrected chi connectivity index (χ4v) is 1.93. The van der Waals surface area contributed by atoms with Crippen LogP contribution in [0.25, 0.3) is 0 Å². The SMILES string of the molecule is CC(C)CCOC(C)C(=O)NC(C)C(O)c1ccc(F)cc1. The topological polar surface area (TPSA) is 58.6 Å². The van der Waals surface area contributed by atoms with Crippen molar-refractivity contribution in [2.24, 2.45) is 5.92 Å². The zero-order valence-corrected chi connectivity index (χ0v) is 13.7. The van der Waals surface area contributed by atoms with E-state index in [1.54, 1.807) is 13.8 Å². The van der Waals surface area contributed by atoms with Crippen LogP contribution < -0.4 is 5.32 Å². The third-order valence-electron chi connectivity index (χ3n) is 3.49. The lowest BCUT2D eigenvalue weighted by atomic mass is 10.0. The number of carbonyl (C=O) groups is 1. The molecule has 0 aliphatic rings. The van der Waals surface area contributed by atoms with Crippen LogP contribution in [-0.2, 0) is 9.53 Å². The maximum absolute atomic E-state index is 12.9. The molecule has 1 amide bonds. The van der Waals surface area contributed by atoms with Gasteiger partial charge in [-0.05, 0) is 43.9 Å². The van der Waals surface area contributed by atoms with E-state index >= 15 is 0 Å². The lowest BCUT2D eigenvalue weighted by Crippen LogP contribution is -2.42. The quantitative estimate of drug-likeness (QED) is 0.776. The fraction of sp³-hybridized carbons (Fsp3) is 0.588. The van der Waals surface area contributed by atoms with Crippen molar-refractivity contribution in [2.75, 3.05) is 6.61 Å². The van der Waals surface area contributed by atoms with Crippen LogP contribution in [0.15, 0.2) is 24.3 Å². The molecule has 22 heavy (non-hydrogen) atoms. The molecular formula is C17H26FNO3. The first-order valence-corrected chi connectivity index (χ1v) is 7.66. The summed E-state index contributed by atoms with van der Waals surface area (Å²) in [6, 6.07) is 5.08.